The summed E-state index contributed by atoms with van der Waals surface area (Å²) < 4.78 is 0. The van der Waals surface area contributed by atoms with Crippen LogP contribution in [0.2, 0.25) is 0 Å². The van der Waals surface area contributed by atoms with Crippen LogP contribution in [-0.2, 0) is 9.59 Å². The van der Waals surface area contributed by atoms with E-state index in [2.05, 4.69) is 40.5 Å². The van der Waals surface area contributed by atoms with Crippen molar-refractivity contribution in [1.29, 1.82) is 0 Å². The molecule has 1 aliphatic carbocycles. The summed E-state index contributed by atoms with van der Waals surface area (Å²) in [5.74, 6) is 1.02. The fourth-order valence-corrected chi connectivity index (χ4v) is 4.59. The van der Waals surface area contributed by atoms with E-state index >= 15 is 0 Å². The molecule has 28 heavy (non-hydrogen) atoms. The minimum absolute atomic E-state index is 0. The van der Waals surface area contributed by atoms with Gasteiger partial charge in [-0.2, -0.15) is 0 Å². The molecule has 0 bridgehead atoms. The fourth-order valence-electron chi connectivity index (χ4n) is 4.59. The van der Waals surface area contributed by atoms with Crippen LogP contribution in [0.3, 0.4) is 0 Å². The number of nitrogens with zero attached hydrogens (tertiary/aromatic N) is 1. The highest BCUT2D eigenvalue weighted by Crippen LogP contribution is 2.37. The van der Waals surface area contributed by atoms with Gasteiger partial charge in [-0.3, -0.25) is 9.59 Å². The Hall–Kier alpha value is -1.59. The Bertz CT molecular complexity index is 617. The molecule has 1 aliphatic heterocycles. The number of benzene rings is 1. The lowest BCUT2D eigenvalue weighted by molar-refractivity contribution is -0.140. The SMILES string of the molecule is Cl.NCCC(=O)NCC1CCCCN1C(=O)C1CCC(c2ccccc2)CC1. The van der Waals surface area contributed by atoms with Gasteiger partial charge in [0, 0.05) is 38.0 Å². The summed E-state index contributed by atoms with van der Waals surface area (Å²) >= 11 is 0. The first-order valence-corrected chi connectivity index (χ1v) is 10.5. The van der Waals surface area contributed by atoms with Gasteiger partial charge in [0.2, 0.25) is 11.8 Å². The summed E-state index contributed by atoms with van der Waals surface area (Å²) in [4.78, 5) is 27.0. The van der Waals surface area contributed by atoms with E-state index in [1.54, 1.807) is 0 Å². The Labute approximate surface area is 174 Å². The van der Waals surface area contributed by atoms with Gasteiger partial charge in [0.15, 0.2) is 0 Å². The number of nitrogens with two attached hydrogens (primary N) is 1. The van der Waals surface area contributed by atoms with Crippen molar-refractivity contribution in [3.8, 4) is 0 Å². The molecule has 1 heterocycles. The summed E-state index contributed by atoms with van der Waals surface area (Å²) in [7, 11) is 0. The second-order valence-corrected chi connectivity index (χ2v) is 7.98. The number of nitrogens with one attached hydrogen (secondary N) is 1. The number of carbonyl (C=O) groups excluding carboxylic acids is 2. The lowest BCUT2D eigenvalue weighted by Gasteiger charge is -2.39. The van der Waals surface area contributed by atoms with Crippen molar-refractivity contribution in [3.05, 3.63) is 35.9 Å². The lowest BCUT2D eigenvalue weighted by Crippen LogP contribution is -2.51. The number of halogens is 1. The molecule has 2 amide bonds. The van der Waals surface area contributed by atoms with Crippen molar-refractivity contribution < 1.29 is 9.59 Å². The van der Waals surface area contributed by atoms with Crippen molar-refractivity contribution in [2.24, 2.45) is 11.7 Å². The number of hydrogen-bond acceptors (Lipinski definition) is 3. The Morgan fingerprint density at radius 1 is 1.04 bits per heavy atom. The molecule has 0 radical (unpaired) electrons. The molecule has 156 valence electrons. The first kappa shape index (κ1) is 22.7. The van der Waals surface area contributed by atoms with Crippen LogP contribution in [0.15, 0.2) is 30.3 Å². The van der Waals surface area contributed by atoms with E-state index in [1.165, 1.54) is 5.56 Å². The molecular formula is C22H34ClN3O2. The molecule has 2 aliphatic rings. The summed E-state index contributed by atoms with van der Waals surface area (Å²) in [5.41, 5.74) is 6.84. The maximum Gasteiger partial charge on any atom is 0.225 e. The van der Waals surface area contributed by atoms with Gasteiger partial charge in [0.25, 0.3) is 0 Å². The van der Waals surface area contributed by atoms with Gasteiger partial charge < -0.3 is 16.0 Å². The van der Waals surface area contributed by atoms with E-state index in [4.69, 9.17) is 5.73 Å². The number of amides is 2. The minimum atomic E-state index is -0.0150. The van der Waals surface area contributed by atoms with E-state index < -0.39 is 0 Å². The molecule has 1 unspecified atom stereocenters. The molecular weight excluding hydrogens is 374 g/mol. The highest BCUT2D eigenvalue weighted by Gasteiger charge is 2.34. The van der Waals surface area contributed by atoms with E-state index in [-0.39, 0.29) is 30.3 Å². The predicted molar refractivity (Wildman–Crippen MR) is 114 cm³/mol. The van der Waals surface area contributed by atoms with Gasteiger partial charge in [0.05, 0.1) is 0 Å². The average molecular weight is 408 g/mol. The third-order valence-corrected chi connectivity index (χ3v) is 6.16. The van der Waals surface area contributed by atoms with Crippen LogP contribution in [-0.4, -0.2) is 42.4 Å². The van der Waals surface area contributed by atoms with Crippen LogP contribution in [0.25, 0.3) is 0 Å². The number of hydrogen-bond donors (Lipinski definition) is 2. The topological polar surface area (TPSA) is 75.4 Å². The Balaban J connectivity index is 0.00000280. The summed E-state index contributed by atoms with van der Waals surface area (Å²) in [6, 6.07) is 10.8. The van der Waals surface area contributed by atoms with Gasteiger partial charge in [-0.25, -0.2) is 0 Å². The summed E-state index contributed by atoms with van der Waals surface area (Å²) in [6.07, 6.45) is 7.65. The number of piperidine rings is 1. The number of rotatable bonds is 6. The van der Waals surface area contributed by atoms with Crippen molar-refractivity contribution >= 4 is 24.2 Å². The molecule has 0 spiro atoms. The third-order valence-electron chi connectivity index (χ3n) is 6.16. The number of likely N-dealkylation sites (tertiary alicyclic amines) is 1. The highest BCUT2D eigenvalue weighted by atomic mass is 35.5. The van der Waals surface area contributed by atoms with E-state index in [0.717, 1.165) is 51.5 Å². The molecule has 1 saturated heterocycles. The lowest BCUT2D eigenvalue weighted by atomic mass is 9.78. The standard InChI is InChI=1S/C22H33N3O2.ClH/c23-14-13-21(26)24-16-20-8-4-5-15-25(20)22(27)19-11-9-18(10-12-19)17-6-2-1-3-7-17;/h1-3,6-7,18-20H,4-5,8-16,23H2,(H,24,26);1H. The molecule has 6 heteroatoms. The van der Waals surface area contributed by atoms with Gasteiger partial charge >= 0.3 is 0 Å². The van der Waals surface area contributed by atoms with Crippen LogP contribution in [0.5, 0.6) is 0 Å². The van der Waals surface area contributed by atoms with Gasteiger partial charge in [-0.1, -0.05) is 30.3 Å². The minimum Gasteiger partial charge on any atom is -0.354 e. The van der Waals surface area contributed by atoms with Crippen molar-refractivity contribution in [2.75, 3.05) is 19.6 Å². The van der Waals surface area contributed by atoms with Crippen molar-refractivity contribution in [3.63, 3.8) is 0 Å². The Morgan fingerprint density at radius 2 is 1.75 bits per heavy atom. The smallest absolute Gasteiger partial charge is 0.225 e. The quantitative estimate of drug-likeness (QED) is 0.760. The Kier molecular flexibility index (Phi) is 9.26. The van der Waals surface area contributed by atoms with Crippen LogP contribution < -0.4 is 11.1 Å². The second-order valence-electron chi connectivity index (χ2n) is 7.98. The van der Waals surface area contributed by atoms with Gasteiger partial charge in [-0.15, -0.1) is 12.4 Å². The van der Waals surface area contributed by atoms with Crippen LogP contribution in [0.1, 0.15) is 62.8 Å². The van der Waals surface area contributed by atoms with Crippen LogP contribution in [0.4, 0.5) is 0 Å². The highest BCUT2D eigenvalue weighted by molar-refractivity contribution is 5.85. The molecule has 3 N–H and O–H groups in total. The maximum absolute atomic E-state index is 13.2. The normalized spacial score (nSPS) is 24.9. The first-order valence-electron chi connectivity index (χ1n) is 10.5. The van der Waals surface area contributed by atoms with Crippen LogP contribution >= 0.6 is 12.4 Å². The molecule has 5 nitrogen and oxygen atoms in total. The van der Waals surface area contributed by atoms with E-state index in [1.807, 2.05) is 0 Å². The number of carbonyl (C=O) groups is 2. The largest absolute Gasteiger partial charge is 0.354 e. The predicted octanol–water partition coefficient (Wildman–Crippen LogP) is 3.23. The third kappa shape index (κ3) is 5.95. The van der Waals surface area contributed by atoms with Crippen LogP contribution in [0, 0.1) is 5.92 Å². The first-order chi connectivity index (χ1) is 13.2. The van der Waals surface area contributed by atoms with E-state index in [0.29, 0.717) is 31.3 Å². The molecule has 1 saturated carbocycles. The van der Waals surface area contributed by atoms with Gasteiger partial charge in [0.1, 0.15) is 0 Å². The zero-order chi connectivity index (χ0) is 19.1. The summed E-state index contributed by atoms with van der Waals surface area (Å²) in [6.45, 7) is 1.75. The molecule has 1 atom stereocenters. The molecule has 3 rings (SSSR count). The van der Waals surface area contributed by atoms with E-state index in [9.17, 15) is 9.59 Å². The zero-order valence-corrected chi connectivity index (χ0v) is 17.5. The monoisotopic (exact) mass is 407 g/mol. The van der Waals surface area contributed by atoms with Gasteiger partial charge in [-0.05, 0) is 56.4 Å². The van der Waals surface area contributed by atoms with Crippen molar-refractivity contribution in [1.82, 2.24) is 10.2 Å². The Morgan fingerprint density at radius 3 is 2.43 bits per heavy atom. The maximum atomic E-state index is 13.2. The molecule has 2 fully saturated rings. The zero-order valence-electron chi connectivity index (χ0n) is 16.6. The molecule has 1 aromatic carbocycles. The molecule has 0 aromatic heterocycles. The summed E-state index contributed by atoms with van der Waals surface area (Å²) in [5, 5.41) is 2.96. The molecule has 1 aromatic rings. The average Bonchev–Trinajstić information content (AvgIpc) is 2.73. The van der Waals surface area contributed by atoms with Crippen molar-refractivity contribution in [2.45, 2.75) is 63.3 Å². The second kappa shape index (κ2) is 11.4. The fraction of sp³-hybridized carbons (Fsp3) is 0.636.